The maximum absolute atomic E-state index is 12.5. The van der Waals surface area contributed by atoms with E-state index in [9.17, 15) is 14.4 Å². The number of Topliss-reactive ketones (excluding diaryl/α,β-unsaturated/α-hetero) is 2. The smallest absolute Gasteiger partial charge is 0.322 e. The lowest BCUT2D eigenvalue weighted by Crippen LogP contribution is -2.28. The minimum absolute atomic E-state index is 0.0280. The fraction of sp³-hybridized carbons (Fsp3) is 0.190. The van der Waals surface area contributed by atoms with Gasteiger partial charge in [-0.25, -0.2) is 9.86 Å². The Kier molecular flexibility index (Phi) is 6.11. The first kappa shape index (κ1) is 19.6. The summed E-state index contributed by atoms with van der Waals surface area (Å²) in [6.07, 6.45) is 0.958. The Labute approximate surface area is 167 Å². The van der Waals surface area contributed by atoms with E-state index in [1.807, 2.05) is 18.2 Å². The number of carbonyl (C=O) groups is 3. The molecule has 1 aliphatic rings. The van der Waals surface area contributed by atoms with Gasteiger partial charge in [0.15, 0.2) is 11.6 Å². The predicted molar refractivity (Wildman–Crippen MR) is 106 cm³/mol. The Bertz CT molecular complexity index is 890. The van der Waals surface area contributed by atoms with Crippen molar-refractivity contribution in [1.82, 2.24) is 5.06 Å². The number of allylic oxidation sites excluding steroid dienone is 1. The highest BCUT2D eigenvalue weighted by molar-refractivity contribution is 6.30. The van der Waals surface area contributed by atoms with Crippen LogP contribution in [-0.2, 0) is 14.4 Å². The molecule has 7 heteroatoms. The van der Waals surface area contributed by atoms with Crippen LogP contribution in [0.3, 0.4) is 0 Å². The second kappa shape index (κ2) is 8.71. The van der Waals surface area contributed by atoms with Crippen LogP contribution in [0.1, 0.15) is 24.3 Å². The Hall–Kier alpha value is -3.12. The molecule has 2 aromatic carbocycles. The van der Waals surface area contributed by atoms with E-state index in [-0.39, 0.29) is 35.9 Å². The van der Waals surface area contributed by atoms with Gasteiger partial charge in [-0.15, -0.1) is 0 Å². The van der Waals surface area contributed by atoms with Crippen molar-refractivity contribution in [1.29, 1.82) is 0 Å². The zero-order valence-corrected chi connectivity index (χ0v) is 16.0. The highest BCUT2D eigenvalue weighted by Gasteiger charge is 2.31. The van der Waals surface area contributed by atoms with Gasteiger partial charge in [0.05, 0.1) is 11.8 Å². The van der Waals surface area contributed by atoms with Gasteiger partial charge >= 0.3 is 6.09 Å². The molecule has 6 nitrogen and oxygen atoms in total. The quantitative estimate of drug-likeness (QED) is 0.471. The summed E-state index contributed by atoms with van der Waals surface area (Å²) in [5.74, 6) is -0.743. The summed E-state index contributed by atoms with van der Waals surface area (Å²) < 4.78 is 0. The number of hydroxylamine groups is 2. The first-order valence-corrected chi connectivity index (χ1v) is 9.10. The molecule has 2 aromatic rings. The molecule has 0 heterocycles. The van der Waals surface area contributed by atoms with Crippen molar-refractivity contribution in [2.24, 2.45) is 0 Å². The number of nitrogens with zero attached hydrogens (tertiary/aromatic N) is 1. The van der Waals surface area contributed by atoms with E-state index < -0.39 is 6.09 Å². The zero-order valence-electron chi connectivity index (χ0n) is 15.2. The fourth-order valence-electron chi connectivity index (χ4n) is 3.01. The van der Waals surface area contributed by atoms with Gasteiger partial charge in [-0.1, -0.05) is 41.9 Å². The molecule has 0 saturated heterocycles. The molecule has 1 amide bonds. The Morgan fingerprint density at radius 1 is 1.07 bits per heavy atom. The third-order valence-electron chi connectivity index (χ3n) is 4.36. The van der Waals surface area contributed by atoms with Crippen LogP contribution in [-0.4, -0.2) is 29.8 Å². The zero-order chi connectivity index (χ0) is 20.1. The SMILES string of the molecule is CN(C=C1C(=O)CC(c2ccc(Cl)cc2)CC1=O)OC(=O)Nc1ccccc1. The van der Waals surface area contributed by atoms with E-state index in [4.69, 9.17) is 16.4 Å². The van der Waals surface area contributed by atoms with Crippen molar-refractivity contribution in [3.63, 3.8) is 0 Å². The number of carbonyl (C=O) groups excluding carboxylic acids is 3. The van der Waals surface area contributed by atoms with Crippen LogP contribution in [0.25, 0.3) is 0 Å². The Balaban J connectivity index is 1.62. The summed E-state index contributed by atoms with van der Waals surface area (Å²) in [4.78, 5) is 41.9. The number of halogens is 1. The van der Waals surface area contributed by atoms with Crippen LogP contribution in [0.15, 0.2) is 66.4 Å². The van der Waals surface area contributed by atoms with Crippen LogP contribution >= 0.6 is 11.6 Å². The van der Waals surface area contributed by atoms with Crippen LogP contribution in [0.4, 0.5) is 10.5 Å². The summed E-state index contributed by atoms with van der Waals surface area (Å²) in [6, 6.07) is 15.9. The van der Waals surface area contributed by atoms with Gasteiger partial charge in [0.1, 0.15) is 0 Å². The Morgan fingerprint density at radius 3 is 2.29 bits per heavy atom. The predicted octanol–water partition coefficient (Wildman–Crippen LogP) is 4.34. The van der Waals surface area contributed by atoms with Gasteiger partial charge in [-0.3, -0.25) is 14.9 Å². The molecule has 0 spiro atoms. The molecular weight excluding hydrogens is 380 g/mol. The maximum atomic E-state index is 12.5. The van der Waals surface area contributed by atoms with Gasteiger partial charge in [-0.05, 0) is 35.7 Å². The van der Waals surface area contributed by atoms with E-state index in [1.165, 1.54) is 13.2 Å². The first-order chi connectivity index (χ1) is 13.4. The van der Waals surface area contributed by atoms with Crippen LogP contribution in [0, 0.1) is 0 Å². The molecule has 0 aromatic heterocycles. The number of hydrogen-bond acceptors (Lipinski definition) is 5. The Morgan fingerprint density at radius 2 is 1.68 bits per heavy atom. The maximum Gasteiger partial charge on any atom is 0.436 e. The second-order valence-corrected chi connectivity index (χ2v) is 6.90. The van der Waals surface area contributed by atoms with Crippen molar-refractivity contribution >= 4 is 34.9 Å². The molecule has 144 valence electrons. The number of amides is 1. The molecule has 0 atom stereocenters. The summed E-state index contributed by atoms with van der Waals surface area (Å²) in [5, 5.41) is 4.22. The minimum atomic E-state index is -0.722. The molecule has 1 saturated carbocycles. The molecule has 1 aliphatic carbocycles. The van der Waals surface area contributed by atoms with Crippen LogP contribution in [0.2, 0.25) is 5.02 Å². The minimum Gasteiger partial charge on any atom is -0.322 e. The second-order valence-electron chi connectivity index (χ2n) is 6.46. The van der Waals surface area contributed by atoms with E-state index in [1.54, 1.807) is 36.4 Å². The lowest BCUT2D eigenvalue weighted by molar-refractivity contribution is -0.125. The average Bonchev–Trinajstić information content (AvgIpc) is 2.66. The van der Waals surface area contributed by atoms with Gasteiger partial charge in [0.25, 0.3) is 0 Å². The number of para-hydroxylation sites is 1. The largest absolute Gasteiger partial charge is 0.436 e. The number of ketones is 2. The molecule has 3 rings (SSSR count). The summed E-state index contributed by atoms with van der Waals surface area (Å²) in [6.45, 7) is 0. The van der Waals surface area contributed by atoms with E-state index in [0.29, 0.717) is 10.7 Å². The van der Waals surface area contributed by atoms with E-state index in [2.05, 4.69) is 5.32 Å². The fourth-order valence-corrected chi connectivity index (χ4v) is 3.14. The topological polar surface area (TPSA) is 75.7 Å². The monoisotopic (exact) mass is 398 g/mol. The standard InChI is InChI=1S/C21H19ClN2O4/c1-24(28-21(27)23-17-5-3-2-4-6-17)13-18-19(25)11-15(12-20(18)26)14-7-9-16(22)10-8-14/h2-10,13,15H,11-12H2,1H3,(H,23,27). The highest BCUT2D eigenvalue weighted by Crippen LogP contribution is 2.32. The average molecular weight is 399 g/mol. The van der Waals surface area contributed by atoms with Crippen LogP contribution < -0.4 is 5.32 Å². The summed E-state index contributed by atoms with van der Waals surface area (Å²) in [7, 11) is 1.45. The normalized spacial score (nSPS) is 16.5. The van der Waals surface area contributed by atoms with Gasteiger partial charge in [-0.2, -0.15) is 0 Å². The van der Waals surface area contributed by atoms with E-state index in [0.717, 1.165) is 10.6 Å². The lowest BCUT2D eigenvalue weighted by atomic mass is 9.80. The highest BCUT2D eigenvalue weighted by atomic mass is 35.5. The van der Waals surface area contributed by atoms with E-state index >= 15 is 0 Å². The molecule has 0 bridgehead atoms. The number of anilines is 1. The number of rotatable bonds is 4. The summed E-state index contributed by atoms with van der Waals surface area (Å²) >= 11 is 5.89. The van der Waals surface area contributed by atoms with Gasteiger partial charge in [0.2, 0.25) is 0 Å². The van der Waals surface area contributed by atoms with Crippen molar-refractivity contribution in [3.05, 3.63) is 77.0 Å². The third-order valence-corrected chi connectivity index (χ3v) is 4.62. The van der Waals surface area contributed by atoms with Gasteiger partial charge < -0.3 is 4.84 Å². The molecule has 0 aliphatic heterocycles. The van der Waals surface area contributed by atoms with Crippen molar-refractivity contribution in [2.75, 3.05) is 12.4 Å². The van der Waals surface area contributed by atoms with Crippen LogP contribution in [0.5, 0.6) is 0 Å². The van der Waals surface area contributed by atoms with Gasteiger partial charge in [0, 0.05) is 30.6 Å². The van der Waals surface area contributed by atoms with Crippen molar-refractivity contribution < 1.29 is 19.2 Å². The third kappa shape index (κ3) is 4.98. The molecule has 28 heavy (non-hydrogen) atoms. The molecule has 1 N–H and O–H groups in total. The number of benzene rings is 2. The summed E-state index contributed by atoms with van der Waals surface area (Å²) in [5.41, 5.74) is 1.50. The lowest BCUT2D eigenvalue weighted by Gasteiger charge is -2.23. The molecule has 0 unspecified atom stereocenters. The molecule has 1 fully saturated rings. The number of hydrogen-bond donors (Lipinski definition) is 1. The van der Waals surface area contributed by atoms with Crippen molar-refractivity contribution in [3.8, 4) is 0 Å². The molecule has 0 radical (unpaired) electrons. The molecular formula is C21H19ClN2O4. The van der Waals surface area contributed by atoms with Crippen molar-refractivity contribution in [2.45, 2.75) is 18.8 Å². The first-order valence-electron chi connectivity index (χ1n) is 8.73. The number of nitrogens with one attached hydrogen (secondary N) is 1.